The molecule has 2 heterocycles. The first-order chi connectivity index (χ1) is 7.29. The van der Waals surface area contributed by atoms with Gasteiger partial charge in [-0.25, -0.2) is 0 Å². The summed E-state index contributed by atoms with van der Waals surface area (Å²) in [5.74, 6) is 0. The van der Waals surface area contributed by atoms with E-state index in [1.165, 1.54) is 0 Å². The molecule has 15 heavy (non-hydrogen) atoms. The van der Waals surface area contributed by atoms with Gasteiger partial charge in [-0.2, -0.15) is 0 Å². The van der Waals surface area contributed by atoms with Gasteiger partial charge in [-0.1, -0.05) is 0 Å². The van der Waals surface area contributed by atoms with Crippen LogP contribution < -0.4 is 11.1 Å². The van der Waals surface area contributed by atoms with Crippen molar-refractivity contribution in [3.63, 3.8) is 0 Å². The van der Waals surface area contributed by atoms with Crippen LogP contribution in [0.5, 0.6) is 0 Å². The molecule has 82 valence electrons. The highest BCUT2D eigenvalue weighted by atomic mass is 15.2. The number of rotatable bonds is 2. The molecule has 1 aromatic heterocycles. The summed E-state index contributed by atoms with van der Waals surface area (Å²) in [7, 11) is 2.13. The molecule has 0 spiro atoms. The zero-order chi connectivity index (χ0) is 10.7. The van der Waals surface area contributed by atoms with Crippen LogP contribution in [-0.2, 0) is 0 Å². The summed E-state index contributed by atoms with van der Waals surface area (Å²) in [6.45, 7) is 3.07. The van der Waals surface area contributed by atoms with Crippen molar-refractivity contribution in [3.05, 3.63) is 30.1 Å². The third kappa shape index (κ3) is 2.34. The number of pyridine rings is 1. The van der Waals surface area contributed by atoms with Crippen molar-refractivity contribution in [3.8, 4) is 0 Å². The van der Waals surface area contributed by atoms with Gasteiger partial charge in [0.25, 0.3) is 0 Å². The fourth-order valence-electron chi connectivity index (χ4n) is 2.04. The van der Waals surface area contributed by atoms with E-state index in [2.05, 4.69) is 22.2 Å². The van der Waals surface area contributed by atoms with Gasteiger partial charge in [0.2, 0.25) is 0 Å². The molecule has 1 saturated heterocycles. The number of nitrogens with one attached hydrogen (secondary N) is 1. The lowest BCUT2D eigenvalue weighted by molar-refractivity contribution is 0.174. The van der Waals surface area contributed by atoms with E-state index in [9.17, 15) is 0 Å². The number of aromatic nitrogens is 1. The van der Waals surface area contributed by atoms with Gasteiger partial charge in [-0.3, -0.25) is 9.88 Å². The predicted octanol–water partition coefficient (Wildman–Crippen LogP) is -0.0150. The van der Waals surface area contributed by atoms with Gasteiger partial charge in [0.05, 0.1) is 0 Å². The van der Waals surface area contributed by atoms with Gasteiger partial charge < -0.3 is 11.1 Å². The van der Waals surface area contributed by atoms with Crippen LogP contribution in [0.15, 0.2) is 24.5 Å². The predicted molar refractivity (Wildman–Crippen MR) is 60.5 cm³/mol. The van der Waals surface area contributed by atoms with E-state index in [1.807, 2.05) is 12.1 Å². The van der Waals surface area contributed by atoms with Gasteiger partial charge in [-0.05, 0) is 24.7 Å². The molecule has 2 unspecified atom stereocenters. The summed E-state index contributed by atoms with van der Waals surface area (Å²) < 4.78 is 0. The molecule has 1 fully saturated rings. The number of hydrogen-bond acceptors (Lipinski definition) is 4. The van der Waals surface area contributed by atoms with Crippen LogP contribution in [0.1, 0.15) is 11.6 Å². The average molecular weight is 206 g/mol. The molecule has 1 aliphatic heterocycles. The number of hydrogen-bond donors (Lipinski definition) is 2. The molecule has 4 nitrogen and oxygen atoms in total. The average Bonchev–Trinajstić information content (AvgIpc) is 2.30. The molecule has 3 N–H and O–H groups in total. The van der Waals surface area contributed by atoms with E-state index in [1.54, 1.807) is 12.4 Å². The highest BCUT2D eigenvalue weighted by Gasteiger charge is 2.25. The van der Waals surface area contributed by atoms with Crippen LogP contribution in [0, 0.1) is 0 Å². The van der Waals surface area contributed by atoms with Crippen molar-refractivity contribution >= 4 is 0 Å². The van der Waals surface area contributed by atoms with E-state index in [-0.39, 0.29) is 6.04 Å². The van der Waals surface area contributed by atoms with Crippen LogP contribution in [0.3, 0.4) is 0 Å². The monoisotopic (exact) mass is 206 g/mol. The number of likely N-dealkylation sites (N-methyl/N-ethyl adjacent to an activating group) is 1. The number of nitrogens with zero attached hydrogens (tertiary/aromatic N) is 2. The van der Waals surface area contributed by atoms with Crippen molar-refractivity contribution in [2.75, 3.05) is 26.7 Å². The largest absolute Gasteiger partial charge is 0.323 e. The molecule has 0 radical (unpaired) electrons. The Labute approximate surface area is 90.5 Å². The Bertz CT molecular complexity index is 301. The minimum atomic E-state index is 0.0609. The van der Waals surface area contributed by atoms with E-state index < -0.39 is 0 Å². The van der Waals surface area contributed by atoms with Gasteiger partial charge in [0.15, 0.2) is 0 Å². The summed E-state index contributed by atoms with van der Waals surface area (Å²) in [5.41, 5.74) is 7.41. The second-order valence-electron chi connectivity index (χ2n) is 4.06. The molecular weight excluding hydrogens is 188 g/mol. The van der Waals surface area contributed by atoms with Crippen LogP contribution in [-0.4, -0.2) is 42.6 Å². The summed E-state index contributed by atoms with van der Waals surface area (Å²) in [6.07, 6.45) is 3.59. The quantitative estimate of drug-likeness (QED) is 0.714. The molecule has 1 aliphatic rings. The maximum Gasteiger partial charge on any atom is 0.0466 e. The number of piperazine rings is 1. The van der Waals surface area contributed by atoms with Crippen molar-refractivity contribution < 1.29 is 0 Å². The summed E-state index contributed by atoms with van der Waals surface area (Å²) in [5, 5.41) is 3.38. The minimum Gasteiger partial charge on any atom is -0.323 e. The lowest BCUT2D eigenvalue weighted by Crippen LogP contribution is -2.53. The molecule has 0 amide bonds. The molecule has 1 aromatic rings. The molecule has 0 saturated carbocycles. The maximum atomic E-state index is 6.25. The Morgan fingerprint density at radius 2 is 2.27 bits per heavy atom. The van der Waals surface area contributed by atoms with Crippen LogP contribution in [0.4, 0.5) is 0 Å². The van der Waals surface area contributed by atoms with Crippen molar-refractivity contribution in [2.24, 2.45) is 5.73 Å². The third-order valence-corrected chi connectivity index (χ3v) is 3.07. The molecular formula is C11H18N4. The van der Waals surface area contributed by atoms with Crippen LogP contribution in [0.25, 0.3) is 0 Å². The first-order valence-corrected chi connectivity index (χ1v) is 5.35. The van der Waals surface area contributed by atoms with Crippen molar-refractivity contribution in [1.82, 2.24) is 15.2 Å². The highest BCUT2D eigenvalue weighted by Crippen LogP contribution is 2.17. The normalized spacial score (nSPS) is 25.1. The maximum absolute atomic E-state index is 6.25. The second kappa shape index (κ2) is 4.70. The van der Waals surface area contributed by atoms with Gasteiger partial charge in [0.1, 0.15) is 0 Å². The molecule has 0 bridgehead atoms. The molecule has 4 heteroatoms. The molecule has 0 aliphatic carbocycles. The SMILES string of the molecule is CN1CCNCC1C(N)c1ccncc1. The zero-order valence-corrected chi connectivity index (χ0v) is 9.06. The van der Waals surface area contributed by atoms with Crippen LogP contribution in [0.2, 0.25) is 0 Å². The summed E-state index contributed by atoms with van der Waals surface area (Å²) in [4.78, 5) is 6.33. The summed E-state index contributed by atoms with van der Waals surface area (Å²) in [6, 6.07) is 4.42. The van der Waals surface area contributed by atoms with Gasteiger partial charge >= 0.3 is 0 Å². The standard InChI is InChI=1S/C11H18N4/c1-15-7-6-14-8-10(15)11(12)9-2-4-13-5-3-9/h2-5,10-11,14H,6-8,12H2,1H3. The zero-order valence-electron chi connectivity index (χ0n) is 9.06. The van der Waals surface area contributed by atoms with Crippen molar-refractivity contribution in [1.29, 1.82) is 0 Å². The van der Waals surface area contributed by atoms with Gasteiger partial charge in [-0.15, -0.1) is 0 Å². The Balaban J connectivity index is 2.09. The first kappa shape index (κ1) is 10.5. The third-order valence-electron chi connectivity index (χ3n) is 3.07. The summed E-state index contributed by atoms with van der Waals surface area (Å²) >= 11 is 0. The van der Waals surface area contributed by atoms with E-state index in [4.69, 9.17) is 5.73 Å². The Hall–Kier alpha value is -0.970. The Morgan fingerprint density at radius 3 is 2.93 bits per heavy atom. The van der Waals surface area contributed by atoms with Crippen LogP contribution >= 0.6 is 0 Å². The highest BCUT2D eigenvalue weighted by molar-refractivity contribution is 5.17. The fourth-order valence-corrected chi connectivity index (χ4v) is 2.04. The molecule has 2 atom stereocenters. The first-order valence-electron chi connectivity index (χ1n) is 5.35. The Morgan fingerprint density at radius 1 is 1.53 bits per heavy atom. The minimum absolute atomic E-state index is 0.0609. The smallest absolute Gasteiger partial charge is 0.0466 e. The lowest BCUT2D eigenvalue weighted by atomic mass is 9.99. The second-order valence-corrected chi connectivity index (χ2v) is 4.06. The lowest BCUT2D eigenvalue weighted by Gasteiger charge is -2.37. The van der Waals surface area contributed by atoms with E-state index >= 15 is 0 Å². The topological polar surface area (TPSA) is 54.2 Å². The van der Waals surface area contributed by atoms with E-state index in [0.29, 0.717) is 6.04 Å². The van der Waals surface area contributed by atoms with Gasteiger partial charge in [0, 0.05) is 44.1 Å². The number of nitrogens with two attached hydrogens (primary N) is 1. The van der Waals surface area contributed by atoms with Crippen molar-refractivity contribution in [2.45, 2.75) is 12.1 Å². The Kier molecular flexibility index (Phi) is 3.30. The fraction of sp³-hybridized carbons (Fsp3) is 0.545. The molecule has 0 aromatic carbocycles. The molecule has 2 rings (SSSR count). The van der Waals surface area contributed by atoms with E-state index in [0.717, 1.165) is 25.2 Å².